The van der Waals surface area contributed by atoms with Crippen LogP contribution in [0.5, 0.6) is 5.75 Å². The molecule has 4 N–H and O–H groups in total. The first-order chi connectivity index (χ1) is 16.9. The van der Waals surface area contributed by atoms with E-state index in [0.29, 0.717) is 32.5 Å². The van der Waals surface area contributed by atoms with Gasteiger partial charge in [0.1, 0.15) is 5.75 Å². The molecule has 1 aromatic carbocycles. The highest BCUT2D eigenvalue weighted by Crippen LogP contribution is 2.26. The normalized spacial score (nSPS) is 13.7. The van der Waals surface area contributed by atoms with Crippen molar-refractivity contribution in [2.75, 3.05) is 26.7 Å². The van der Waals surface area contributed by atoms with Gasteiger partial charge in [-0.25, -0.2) is 0 Å². The SMILES string of the molecule is CCCN(CCC)C(=O)CCC(C(N)=O)[C@H](Cc1ccoc1)[C@@H](O)CNCc1cccc(OC)c1. The molecule has 8 heteroatoms. The van der Waals surface area contributed by atoms with Gasteiger partial charge in [0.25, 0.3) is 0 Å². The Bertz CT molecular complexity index is 881. The molecule has 2 aromatic rings. The Hall–Kier alpha value is -2.84. The lowest BCUT2D eigenvalue weighted by Gasteiger charge is -2.30. The number of carbonyl (C=O) groups is 2. The molecule has 0 aliphatic rings. The average molecular weight is 488 g/mol. The summed E-state index contributed by atoms with van der Waals surface area (Å²) in [6.07, 6.45) is 5.04. The van der Waals surface area contributed by atoms with Gasteiger partial charge in [0.2, 0.25) is 11.8 Å². The van der Waals surface area contributed by atoms with Crippen molar-refractivity contribution in [3.63, 3.8) is 0 Å². The molecule has 0 aliphatic carbocycles. The number of aliphatic hydroxyl groups is 1. The number of rotatable bonds is 17. The topological polar surface area (TPSA) is 118 Å². The van der Waals surface area contributed by atoms with Crippen LogP contribution in [0.25, 0.3) is 0 Å². The minimum atomic E-state index is -0.842. The van der Waals surface area contributed by atoms with Crippen LogP contribution in [0.2, 0.25) is 0 Å². The Balaban J connectivity index is 2.08. The number of furan rings is 1. The molecule has 1 unspecified atom stereocenters. The maximum Gasteiger partial charge on any atom is 0.222 e. The second-order valence-electron chi connectivity index (χ2n) is 8.98. The van der Waals surface area contributed by atoms with Crippen LogP contribution in [0.1, 0.15) is 50.7 Å². The van der Waals surface area contributed by atoms with Gasteiger partial charge in [-0.05, 0) is 55.0 Å². The summed E-state index contributed by atoms with van der Waals surface area (Å²) in [4.78, 5) is 27.2. The fourth-order valence-corrected chi connectivity index (χ4v) is 4.43. The van der Waals surface area contributed by atoms with Crippen LogP contribution < -0.4 is 15.8 Å². The van der Waals surface area contributed by atoms with Crippen LogP contribution in [-0.2, 0) is 22.6 Å². The summed E-state index contributed by atoms with van der Waals surface area (Å²) in [7, 11) is 1.62. The lowest BCUT2D eigenvalue weighted by Crippen LogP contribution is -2.43. The van der Waals surface area contributed by atoms with Crippen molar-refractivity contribution in [1.29, 1.82) is 0 Å². The minimum absolute atomic E-state index is 0.0210. The lowest BCUT2D eigenvalue weighted by molar-refractivity contribution is -0.132. The molecule has 194 valence electrons. The predicted octanol–water partition coefficient (Wildman–Crippen LogP) is 3.13. The third kappa shape index (κ3) is 9.38. The van der Waals surface area contributed by atoms with Crippen LogP contribution in [-0.4, -0.2) is 54.7 Å². The third-order valence-electron chi connectivity index (χ3n) is 6.25. The Labute approximate surface area is 208 Å². The number of methoxy groups -OCH3 is 1. The number of carbonyl (C=O) groups excluding carboxylic acids is 2. The number of primary amides is 1. The highest BCUT2D eigenvalue weighted by Gasteiger charge is 2.33. The summed E-state index contributed by atoms with van der Waals surface area (Å²) in [5.41, 5.74) is 7.70. The molecular weight excluding hydrogens is 446 g/mol. The first kappa shape index (κ1) is 28.4. The molecule has 3 atom stereocenters. The number of hydrogen-bond acceptors (Lipinski definition) is 6. The van der Waals surface area contributed by atoms with Crippen LogP contribution in [0.4, 0.5) is 0 Å². The van der Waals surface area contributed by atoms with Crippen molar-refractivity contribution < 1.29 is 23.8 Å². The molecular formula is C27H41N3O5. The van der Waals surface area contributed by atoms with Gasteiger partial charge in [-0.1, -0.05) is 26.0 Å². The Morgan fingerprint density at radius 3 is 2.51 bits per heavy atom. The largest absolute Gasteiger partial charge is 0.497 e. The molecule has 0 radical (unpaired) electrons. The summed E-state index contributed by atoms with van der Waals surface area (Å²) in [6.45, 7) is 6.28. The fourth-order valence-electron chi connectivity index (χ4n) is 4.43. The van der Waals surface area contributed by atoms with Gasteiger partial charge in [-0.15, -0.1) is 0 Å². The number of benzene rings is 1. The molecule has 0 bridgehead atoms. The van der Waals surface area contributed by atoms with E-state index in [2.05, 4.69) is 5.32 Å². The van der Waals surface area contributed by atoms with E-state index in [0.717, 1.165) is 29.7 Å². The number of hydrogen-bond donors (Lipinski definition) is 3. The smallest absolute Gasteiger partial charge is 0.222 e. The van der Waals surface area contributed by atoms with E-state index in [1.807, 2.05) is 49.1 Å². The Kier molecular flexibility index (Phi) is 12.3. The third-order valence-corrected chi connectivity index (χ3v) is 6.25. The molecule has 35 heavy (non-hydrogen) atoms. The molecule has 2 amide bonds. The van der Waals surface area contributed by atoms with Crippen LogP contribution >= 0.6 is 0 Å². The first-order valence-electron chi connectivity index (χ1n) is 12.5. The second kappa shape index (κ2) is 15.2. The first-order valence-corrected chi connectivity index (χ1v) is 12.5. The maximum atomic E-state index is 12.8. The van der Waals surface area contributed by atoms with Gasteiger partial charge in [0.05, 0.1) is 25.7 Å². The molecule has 0 fully saturated rings. The second-order valence-corrected chi connectivity index (χ2v) is 8.98. The molecule has 1 aromatic heterocycles. The van der Waals surface area contributed by atoms with Gasteiger partial charge in [0, 0.05) is 44.4 Å². The van der Waals surface area contributed by atoms with Crippen LogP contribution in [0, 0.1) is 11.8 Å². The number of nitrogens with one attached hydrogen (secondary N) is 1. The quantitative estimate of drug-likeness (QED) is 0.316. The molecule has 2 rings (SSSR count). The van der Waals surface area contributed by atoms with E-state index in [1.165, 1.54) is 0 Å². The molecule has 0 aliphatic heterocycles. The monoisotopic (exact) mass is 487 g/mol. The number of aliphatic hydroxyl groups excluding tert-OH is 1. The van der Waals surface area contributed by atoms with E-state index in [4.69, 9.17) is 14.9 Å². The molecule has 0 saturated heterocycles. The van der Waals surface area contributed by atoms with E-state index in [1.54, 1.807) is 19.6 Å². The number of nitrogens with zero attached hydrogens (tertiary/aromatic N) is 1. The number of nitrogens with two attached hydrogens (primary N) is 1. The Morgan fingerprint density at radius 1 is 1.17 bits per heavy atom. The van der Waals surface area contributed by atoms with Gasteiger partial charge in [-0.3, -0.25) is 9.59 Å². The highest BCUT2D eigenvalue weighted by atomic mass is 16.5. The minimum Gasteiger partial charge on any atom is -0.497 e. The zero-order chi connectivity index (χ0) is 25.6. The van der Waals surface area contributed by atoms with E-state index < -0.39 is 23.8 Å². The molecule has 0 spiro atoms. The Morgan fingerprint density at radius 2 is 1.91 bits per heavy atom. The van der Waals surface area contributed by atoms with Crippen molar-refractivity contribution >= 4 is 11.8 Å². The number of amides is 2. The summed E-state index contributed by atoms with van der Waals surface area (Å²) >= 11 is 0. The van der Waals surface area contributed by atoms with Crippen LogP contribution in [0.15, 0.2) is 47.3 Å². The zero-order valence-corrected chi connectivity index (χ0v) is 21.2. The van der Waals surface area contributed by atoms with E-state index >= 15 is 0 Å². The van der Waals surface area contributed by atoms with Gasteiger partial charge in [-0.2, -0.15) is 0 Å². The lowest BCUT2D eigenvalue weighted by atomic mass is 9.80. The standard InChI is InChI=1S/C27H41N3O5/c1-4-12-30(13-5-2)26(32)10-9-23(27(28)33)24(16-21-11-14-35-19-21)25(31)18-29-17-20-7-6-8-22(15-20)34-3/h6-8,11,14-15,19,23-25,29,31H,4-5,9-10,12-13,16-18H2,1-3H3,(H2,28,33)/t23?,24-,25-/m0/s1. The van der Waals surface area contributed by atoms with Gasteiger partial charge < -0.3 is 30.2 Å². The van der Waals surface area contributed by atoms with E-state index in [9.17, 15) is 14.7 Å². The van der Waals surface area contributed by atoms with Crippen molar-refractivity contribution in [3.8, 4) is 5.75 Å². The summed E-state index contributed by atoms with van der Waals surface area (Å²) < 4.78 is 10.5. The number of ether oxygens (including phenoxy) is 1. The summed E-state index contributed by atoms with van der Waals surface area (Å²) in [6, 6.07) is 9.51. The van der Waals surface area contributed by atoms with Crippen LogP contribution in [0.3, 0.4) is 0 Å². The predicted molar refractivity (Wildman–Crippen MR) is 136 cm³/mol. The van der Waals surface area contributed by atoms with E-state index in [-0.39, 0.29) is 18.9 Å². The van der Waals surface area contributed by atoms with Crippen molar-refractivity contribution in [2.45, 2.75) is 58.6 Å². The molecule has 0 saturated carbocycles. The highest BCUT2D eigenvalue weighted by molar-refractivity contribution is 5.80. The maximum absolute atomic E-state index is 12.8. The summed E-state index contributed by atoms with van der Waals surface area (Å²) in [5, 5.41) is 14.4. The zero-order valence-electron chi connectivity index (χ0n) is 21.2. The summed E-state index contributed by atoms with van der Waals surface area (Å²) in [5.74, 6) is -0.821. The van der Waals surface area contributed by atoms with Crippen molar-refractivity contribution in [1.82, 2.24) is 10.2 Å². The molecule has 1 heterocycles. The van der Waals surface area contributed by atoms with Gasteiger partial charge in [0.15, 0.2) is 0 Å². The molecule has 8 nitrogen and oxygen atoms in total. The van der Waals surface area contributed by atoms with Crippen molar-refractivity contribution in [2.24, 2.45) is 17.6 Å². The van der Waals surface area contributed by atoms with Crippen molar-refractivity contribution in [3.05, 3.63) is 54.0 Å². The average Bonchev–Trinajstić information content (AvgIpc) is 3.36. The van der Waals surface area contributed by atoms with Gasteiger partial charge >= 0.3 is 0 Å². The fraction of sp³-hybridized carbons (Fsp3) is 0.556.